The van der Waals surface area contributed by atoms with Crippen LogP contribution in [0.15, 0.2) is 35.4 Å². The van der Waals surface area contributed by atoms with E-state index in [9.17, 15) is 12.8 Å². The average Bonchev–Trinajstić information content (AvgIpc) is 2.71. The molecule has 0 spiro atoms. The van der Waals surface area contributed by atoms with Crippen LogP contribution in [0.25, 0.3) is 0 Å². The molecule has 0 bridgehead atoms. The van der Waals surface area contributed by atoms with E-state index in [1.165, 1.54) is 6.07 Å². The number of hydrogen-bond acceptors (Lipinski definition) is 4. The highest BCUT2D eigenvalue weighted by Crippen LogP contribution is 2.15. The topological polar surface area (TPSA) is 90.0 Å². The van der Waals surface area contributed by atoms with Gasteiger partial charge in [0.25, 0.3) is 0 Å². The summed E-state index contributed by atoms with van der Waals surface area (Å²) in [7, 11) is -2.09. The van der Waals surface area contributed by atoms with Crippen molar-refractivity contribution in [3.63, 3.8) is 0 Å². The standard InChI is InChI=1S/C11H13FN4O2S/c1-16-3-2-10(15-16)7-14-19(17,18)11-5-8(12)4-9(13)6-11/h2-6,14H,7,13H2,1H3. The molecule has 2 rings (SSSR count). The quantitative estimate of drug-likeness (QED) is 0.805. The van der Waals surface area contributed by atoms with Gasteiger partial charge in [-0.3, -0.25) is 4.68 Å². The molecule has 19 heavy (non-hydrogen) atoms. The summed E-state index contributed by atoms with van der Waals surface area (Å²) in [5, 5.41) is 4.03. The lowest BCUT2D eigenvalue weighted by atomic mass is 10.3. The van der Waals surface area contributed by atoms with Gasteiger partial charge in [-0.25, -0.2) is 17.5 Å². The molecular formula is C11H13FN4O2S. The fourth-order valence-electron chi connectivity index (χ4n) is 1.55. The van der Waals surface area contributed by atoms with Crippen LogP contribution < -0.4 is 10.5 Å². The minimum Gasteiger partial charge on any atom is -0.399 e. The third kappa shape index (κ3) is 3.30. The second-order valence-corrected chi connectivity index (χ2v) is 5.79. The number of benzene rings is 1. The molecule has 0 aliphatic carbocycles. The van der Waals surface area contributed by atoms with Gasteiger partial charge in [0.05, 0.1) is 17.1 Å². The first-order valence-corrected chi connectivity index (χ1v) is 6.89. The lowest BCUT2D eigenvalue weighted by Crippen LogP contribution is -2.23. The highest BCUT2D eigenvalue weighted by atomic mass is 32.2. The molecule has 102 valence electrons. The van der Waals surface area contributed by atoms with Crippen molar-refractivity contribution in [3.8, 4) is 0 Å². The maximum Gasteiger partial charge on any atom is 0.241 e. The Balaban J connectivity index is 2.18. The molecule has 2 aromatic rings. The van der Waals surface area contributed by atoms with Gasteiger partial charge in [0, 0.05) is 18.9 Å². The summed E-state index contributed by atoms with van der Waals surface area (Å²) in [5.41, 5.74) is 6.04. The Labute approximate surface area is 110 Å². The Morgan fingerprint density at radius 2 is 2.16 bits per heavy atom. The molecule has 1 aromatic heterocycles. The summed E-state index contributed by atoms with van der Waals surface area (Å²) < 4.78 is 40.9. The van der Waals surface area contributed by atoms with Crippen molar-refractivity contribution >= 4 is 15.7 Å². The van der Waals surface area contributed by atoms with Crippen LogP contribution in [0.5, 0.6) is 0 Å². The first-order valence-electron chi connectivity index (χ1n) is 5.41. The number of nitrogens with zero attached hydrogens (tertiary/aromatic N) is 2. The molecule has 1 heterocycles. The summed E-state index contributed by atoms with van der Waals surface area (Å²) in [5.74, 6) is -0.696. The van der Waals surface area contributed by atoms with Crippen molar-refractivity contribution in [2.24, 2.45) is 7.05 Å². The van der Waals surface area contributed by atoms with Crippen LogP contribution in [-0.2, 0) is 23.6 Å². The highest BCUT2D eigenvalue weighted by Gasteiger charge is 2.16. The van der Waals surface area contributed by atoms with Gasteiger partial charge in [0.15, 0.2) is 0 Å². The molecular weight excluding hydrogens is 271 g/mol. The number of anilines is 1. The van der Waals surface area contributed by atoms with Crippen molar-refractivity contribution < 1.29 is 12.8 Å². The summed E-state index contributed by atoms with van der Waals surface area (Å²) in [6.07, 6.45) is 1.70. The molecule has 6 nitrogen and oxygen atoms in total. The zero-order chi connectivity index (χ0) is 14.0. The molecule has 0 saturated carbocycles. The van der Waals surface area contributed by atoms with Crippen LogP contribution >= 0.6 is 0 Å². The van der Waals surface area contributed by atoms with Gasteiger partial charge in [0.1, 0.15) is 5.82 Å². The molecule has 1 aromatic carbocycles. The van der Waals surface area contributed by atoms with E-state index in [4.69, 9.17) is 5.73 Å². The zero-order valence-electron chi connectivity index (χ0n) is 10.2. The molecule has 3 N–H and O–H groups in total. The predicted octanol–water partition coefficient (Wildman–Crippen LogP) is 0.620. The van der Waals surface area contributed by atoms with E-state index >= 15 is 0 Å². The van der Waals surface area contributed by atoms with Crippen LogP contribution in [0, 0.1) is 5.82 Å². The van der Waals surface area contributed by atoms with Crippen LogP contribution in [0.2, 0.25) is 0 Å². The van der Waals surface area contributed by atoms with Gasteiger partial charge in [-0.2, -0.15) is 5.10 Å². The highest BCUT2D eigenvalue weighted by molar-refractivity contribution is 7.89. The van der Waals surface area contributed by atoms with Gasteiger partial charge in [-0.05, 0) is 24.3 Å². The second kappa shape index (κ2) is 4.98. The molecule has 0 radical (unpaired) electrons. The Morgan fingerprint density at radius 1 is 1.42 bits per heavy atom. The molecule has 0 aliphatic heterocycles. The van der Waals surface area contributed by atoms with E-state index in [0.29, 0.717) is 5.69 Å². The van der Waals surface area contributed by atoms with Gasteiger partial charge in [0.2, 0.25) is 10.0 Å². The molecule has 0 atom stereocenters. The molecule has 8 heteroatoms. The Hall–Kier alpha value is -1.93. The number of nitrogen functional groups attached to an aromatic ring is 1. The van der Waals surface area contributed by atoms with E-state index in [0.717, 1.165) is 12.1 Å². The zero-order valence-corrected chi connectivity index (χ0v) is 11.0. The Morgan fingerprint density at radius 3 is 2.74 bits per heavy atom. The van der Waals surface area contributed by atoms with Crippen LogP contribution in [0.1, 0.15) is 5.69 Å². The normalized spacial score (nSPS) is 11.7. The second-order valence-electron chi connectivity index (χ2n) is 4.03. The van der Waals surface area contributed by atoms with Gasteiger partial charge in [-0.15, -0.1) is 0 Å². The van der Waals surface area contributed by atoms with Crippen LogP contribution in [0.3, 0.4) is 0 Å². The summed E-state index contributed by atoms with van der Waals surface area (Å²) in [6, 6.07) is 4.85. The summed E-state index contributed by atoms with van der Waals surface area (Å²) in [4.78, 5) is -0.207. The third-order valence-electron chi connectivity index (χ3n) is 2.42. The lowest BCUT2D eigenvalue weighted by Gasteiger charge is -2.06. The maximum absolute atomic E-state index is 13.1. The van der Waals surface area contributed by atoms with Crippen molar-refractivity contribution in [1.82, 2.24) is 14.5 Å². The number of aryl methyl sites for hydroxylation is 1. The predicted molar refractivity (Wildman–Crippen MR) is 68.0 cm³/mol. The smallest absolute Gasteiger partial charge is 0.241 e. The average molecular weight is 284 g/mol. The fourth-order valence-corrected chi connectivity index (χ4v) is 2.61. The van der Waals surface area contributed by atoms with Gasteiger partial charge >= 0.3 is 0 Å². The van der Waals surface area contributed by atoms with E-state index in [1.54, 1.807) is 24.0 Å². The number of hydrogen-bond donors (Lipinski definition) is 2. The van der Waals surface area contributed by atoms with Crippen LogP contribution in [-0.4, -0.2) is 18.2 Å². The largest absolute Gasteiger partial charge is 0.399 e. The first-order chi connectivity index (χ1) is 8.87. The summed E-state index contributed by atoms with van der Waals surface area (Å²) in [6.45, 7) is 0.0274. The number of nitrogens with two attached hydrogens (primary N) is 1. The van der Waals surface area contributed by atoms with Crippen molar-refractivity contribution in [1.29, 1.82) is 0 Å². The first kappa shape index (κ1) is 13.5. The van der Waals surface area contributed by atoms with E-state index < -0.39 is 15.8 Å². The van der Waals surface area contributed by atoms with E-state index in [1.807, 2.05) is 0 Å². The molecule has 0 aliphatic rings. The van der Waals surface area contributed by atoms with E-state index in [2.05, 4.69) is 9.82 Å². The number of sulfonamides is 1. The van der Waals surface area contributed by atoms with Crippen molar-refractivity contribution in [2.75, 3.05) is 5.73 Å². The minimum atomic E-state index is -3.81. The summed E-state index contributed by atoms with van der Waals surface area (Å²) >= 11 is 0. The Bertz CT molecular complexity index is 676. The van der Waals surface area contributed by atoms with Crippen LogP contribution in [0.4, 0.5) is 10.1 Å². The lowest BCUT2D eigenvalue weighted by molar-refractivity contribution is 0.576. The third-order valence-corrected chi connectivity index (χ3v) is 3.80. The molecule has 0 unspecified atom stereocenters. The SMILES string of the molecule is Cn1ccc(CNS(=O)(=O)c2cc(N)cc(F)c2)n1. The monoisotopic (exact) mass is 284 g/mol. The van der Waals surface area contributed by atoms with Crippen molar-refractivity contribution in [3.05, 3.63) is 42.0 Å². The van der Waals surface area contributed by atoms with E-state index in [-0.39, 0.29) is 17.1 Å². The Kier molecular flexibility index (Phi) is 3.54. The number of aromatic nitrogens is 2. The number of nitrogens with one attached hydrogen (secondary N) is 1. The minimum absolute atomic E-state index is 0.0274. The molecule has 0 fully saturated rings. The number of rotatable bonds is 4. The van der Waals surface area contributed by atoms with Gasteiger partial charge in [-0.1, -0.05) is 0 Å². The number of halogens is 1. The molecule has 0 saturated heterocycles. The van der Waals surface area contributed by atoms with Gasteiger partial charge < -0.3 is 5.73 Å². The molecule has 0 amide bonds. The van der Waals surface area contributed by atoms with Crippen molar-refractivity contribution in [2.45, 2.75) is 11.4 Å². The maximum atomic E-state index is 13.1. The fraction of sp³-hybridized carbons (Fsp3) is 0.182.